The van der Waals surface area contributed by atoms with Gasteiger partial charge in [-0.2, -0.15) is 0 Å². The maximum atomic E-state index is 11.6. The molecule has 0 radical (unpaired) electrons. The Balaban J connectivity index is 2.60. The fraction of sp³-hybridized carbons (Fsp3) is 0.455. The van der Waals surface area contributed by atoms with Gasteiger partial charge in [0.1, 0.15) is 5.69 Å². The van der Waals surface area contributed by atoms with Crippen molar-refractivity contribution in [2.75, 3.05) is 20.7 Å². The molecule has 88 valence electrons. The molecule has 0 aliphatic rings. The van der Waals surface area contributed by atoms with Gasteiger partial charge >= 0.3 is 5.97 Å². The van der Waals surface area contributed by atoms with E-state index in [1.54, 1.807) is 31.8 Å². The zero-order chi connectivity index (χ0) is 12.3. The summed E-state index contributed by atoms with van der Waals surface area (Å²) >= 11 is 0. The number of hydrogen-bond donors (Lipinski definition) is 0. The number of esters is 1. The molecule has 0 saturated carbocycles. The summed E-state index contributed by atoms with van der Waals surface area (Å²) in [6, 6.07) is 3.50. The predicted octanol–water partition coefficient (Wildman–Crippen LogP) is 0.579. The van der Waals surface area contributed by atoms with Gasteiger partial charge in [-0.15, -0.1) is 0 Å². The summed E-state index contributed by atoms with van der Waals surface area (Å²) in [5.41, 5.74) is 1.41. The molecule has 0 bridgehead atoms. The number of aromatic nitrogens is 1. The molecule has 0 aliphatic carbocycles. The van der Waals surface area contributed by atoms with Crippen molar-refractivity contribution in [1.82, 2.24) is 9.47 Å². The normalized spacial score (nSPS) is 10.0. The second-order valence-corrected chi connectivity index (χ2v) is 3.78. The van der Waals surface area contributed by atoms with Crippen LogP contribution in [0.15, 0.2) is 12.1 Å². The van der Waals surface area contributed by atoms with E-state index in [-0.39, 0.29) is 12.5 Å². The van der Waals surface area contributed by atoms with E-state index in [1.807, 2.05) is 13.0 Å². The molecule has 1 aromatic rings. The molecule has 0 aromatic carbocycles. The molecule has 16 heavy (non-hydrogen) atoms. The summed E-state index contributed by atoms with van der Waals surface area (Å²) < 4.78 is 6.62. The predicted molar refractivity (Wildman–Crippen MR) is 59.1 cm³/mol. The van der Waals surface area contributed by atoms with Gasteiger partial charge in [-0.1, -0.05) is 0 Å². The van der Waals surface area contributed by atoms with Gasteiger partial charge < -0.3 is 14.2 Å². The van der Waals surface area contributed by atoms with E-state index < -0.39 is 5.97 Å². The Bertz CT molecular complexity index is 407. The van der Waals surface area contributed by atoms with Crippen LogP contribution < -0.4 is 0 Å². The maximum absolute atomic E-state index is 11.6. The van der Waals surface area contributed by atoms with E-state index in [2.05, 4.69) is 0 Å². The van der Waals surface area contributed by atoms with E-state index in [9.17, 15) is 9.59 Å². The van der Waals surface area contributed by atoms with Crippen molar-refractivity contribution < 1.29 is 14.3 Å². The van der Waals surface area contributed by atoms with Gasteiger partial charge in [0.15, 0.2) is 6.61 Å². The van der Waals surface area contributed by atoms with E-state index in [0.717, 1.165) is 5.69 Å². The number of rotatable bonds is 3. The van der Waals surface area contributed by atoms with Crippen molar-refractivity contribution in [3.8, 4) is 0 Å². The molecule has 5 heteroatoms. The van der Waals surface area contributed by atoms with Crippen LogP contribution in [-0.2, 0) is 16.6 Å². The third-order valence-electron chi connectivity index (χ3n) is 2.41. The summed E-state index contributed by atoms with van der Waals surface area (Å²) in [6.45, 7) is 1.66. The molecule has 0 atom stereocenters. The number of amides is 1. The van der Waals surface area contributed by atoms with Crippen molar-refractivity contribution in [3.05, 3.63) is 23.5 Å². The van der Waals surface area contributed by atoms with E-state index in [1.165, 1.54) is 4.90 Å². The van der Waals surface area contributed by atoms with Crippen LogP contribution in [0.4, 0.5) is 0 Å². The first kappa shape index (κ1) is 12.3. The maximum Gasteiger partial charge on any atom is 0.355 e. The Labute approximate surface area is 94.6 Å². The summed E-state index contributed by atoms with van der Waals surface area (Å²) in [7, 11) is 5.01. The third kappa shape index (κ3) is 2.62. The smallest absolute Gasteiger partial charge is 0.355 e. The Morgan fingerprint density at radius 3 is 2.44 bits per heavy atom. The minimum absolute atomic E-state index is 0.226. The quantitative estimate of drug-likeness (QED) is 0.706. The highest BCUT2D eigenvalue weighted by Gasteiger charge is 2.14. The molecular formula is C11H16N2O3. The van der Waals surface area contributed by atoms with Crippen LogP contribution in [0.2, 0.25) is 0 Å². The molecule has 1 heterocycles. The van der Waals surface area contributed by atoms with Crippen molar-refractivity contribution in [1.29, 1.82) is 0 Å². The molecule has 0 fully saturated rings. The second kappa shape index (κ2) is 4.83. The van der Waals surface area contributed by atoms with Crippen molar-refractivity contribution >= 4 is 11.9 Å². The summed E-state index contributed by atoms with van der Waals surface area (Å²) in [5.74, 6) is -0.718. The summed E-state index contributed by atoms with van der Waals surface area (Å²) in [6.07, 6.45) is 0. The SMILES string of the molecule is Cc1ccc(C(=O)OCC(=O)N(C)C)n1C. The van der Waals surface area contributed by atoms with Gasteiger partial charge in [-0.05, 0) is 19.1 Å². The zero-order valence-electron chi connectivity index (χ0n) is 9.98. The number of hydrogen-bond acceptors (Lipinski definition) is 3. The van der Waals surface area contributed by atoms with Crippen molar-refractivity contribution in [2.24, 2.45) is 7.05 Å². The molecular weight excluding hydrogens is 208 g/mol. The minimum atomic E-state index is -0.481. The van der Waals surface area contributed by atoms with Crippen LogP contribution in [0.1, 0.15) is 16.2 Å². The molecule has 1 rings (SSSR count). The standard InChI is InChI=1S/C11H16N2O3/c1-8-5-6-9(13(8)4)11(15)16-7-10(14)12(2)3/h5-6H,7H2,1-4H3. The topological polar surface area (TPSA) is 51.5 Å². The van der Waals surface area contributed by atoms with Gasteiger partial charge in [0.05, 0.1) is 0 Å². The highest BCUT2D eigenvalue weighted by Crippen LogP contribution is 2.07. The van der Waals surface area contributed by atoms with Crippen LogP contribution in [0, 0.1) is 6.92 Å². The number of ether oxygens (including phenoxy) is 1. The summed E-state index contributed by atoms with van der Waals surface area (Å²) in [4.78, 5) is 24.2. The van der Waals surface area contributed by atoms with Crippen LogP contribution in [0.5, 0.6) is 0 Å². The molecule has 1 amide bonds. The first-order valence-corrected chi connectivity index (χ1v) is 4.93. The van der Waals surface area contributed by atoms with E-state index in [4.69, 9.17) is 4.74 Å². The average Bonchev–Trinajstić information content (AvgIpc) is 2.55. The van der Waals surface area contributed by atoms with Gasteiger partial charge in [0, 0.05) is 26.8 Å². The molecule has 0 N–H and O–H groups in total. The number of aryl methyl sites for hydroxylation is 1. The lowest BCUT2D eigenvalue weighted by molar-refractivity contribution is -0.131. The first-order chi connectivity index (χ1) is 7.43. The molecule has 5 nitrogen and oxygen atoms in total. The van der Waals surface area contributed by atoms with Crippen LogP contribution in [0.3, 0.4) is 0 Å². The van der Waals surface area contributed by atoms with Crippen LogP contribution in [0.25, 0.3) is 0 Å². The van der Waals surface area contributed by atoms with Crippen molar-refractivity contribution in [2.45, 2.75) is 6.92 Å². The Kier molecular flexibility index (Phi) is 3.71. The number of carbonyl (C=O) groups excluding carboxylic acids is 2. The number of likely N-dealkylation sites (N-methyl/N-ethyl adjacent to an activating group) is 1. The van der Waals surface area contributed by atoms with Crippen LogP contribution >= 0.6 is 0 Å². The molecule has 0 saturated heterocycles. The molecule has 0 spiro atoms. The van der Waals surface area contributed by atoms with Crippen LogP contribution in [-0.4, -0.2) is 42.0 Å². The van der Waals surface area contributed by atoms with Gasteiger partial charge in [0.25, 0.3) is 5.91 Å². The number of carbonyl (C=O) groups is 2. The monoisotopic (exact) mass is 224 g/mol. The number of nitrogens with zero attached hydrogens (tertiary/aromatic N) is 2. The Morgan fingerprint density at radius 1 is 1.38 bits per heavy atom. The van der Waals surface area contributed by atoms with Gasteiger partial charge in [0.2, 0.25) is 0 Å². The highest BCUT2D eigenvalue weighted by atomic mass is 16.5. The molecule has 1 aromatic heterocycles. The Hall–Kier alpha value is -1.78. The van der Waals surface area contributed by atoms with E-state index >= 15 is 0 Å². The zero-order valence-corrected chi connectivity index (χ0v) is 9.98. The second-order valence-electron chi connectivity index (χ2n) is 3.78. The lowest BCUT2D eigenvalue weighted by Crippen LogP contribution is -2.28. The van der Waals surface area contributed by atoms with Crippen molar-refractivity contribution in [3.63, 3.8) is 0 Å². The average molecular weight is 224 g/mol. The van der Waals surface area contributed by atoms with E-state index in [0.29, 0.717) is 5.69 Å². The third-order valence-corrected chi connectivity index (χ3v) is 2.41. The fourth-order valence-electron chi connectivity index (χ4n) is 1.15. The lowest BCUT2D eigenvalue weighted by atomic mass is 10.4. The Morgan fingerprint density at radius 2 is 2.00 bits per heavy atom. The minimum Gasteiger partial charge on any atom is -0.451 e. The largest absolute Gasteiger partial charge is 0.451 e. The first-order valence-electron chi connectivity index (χ1n) is 4.93. The fourth-order valence-corrected chi connectivity index (χ4v) is 1.15. The molecule has 0 aliphatic heterocycles. The highest BCUT2D eigenvalue weighted by molar-refractivity contribution is 5.90. The van der Waals surface area contributed by atoms with Gasteiger partial charge in [-0.3, -0.25) is 4.79 Å². The van der Waals surface area contributed by atoms with Gasteiger partial charge in [-0.25, -0.2) is 4.79 Å². The summed E-state index contributed by atoms with van der Waals surface area (Å²) in [5, 5.41) is 0. The lowest BCUT2D eigenvalue weighted by Gasteiger charge is -2.10. The molecule has 0 unspecified atom stereocenters.